The molecule has 1 aliphatic heterocycles. The van der Waals surface area contributed by atoms with Crippen molar-refractivity contribution in [2.75, 3.05) is 31.1 Å². The van der Waals surface area contributed by atoms with Crippen molar-refractivity contribution < 1.29 is 4.79 Å². The van der Waals surface area contributed by atoms with Gasteiger partial charge in [0.05, 0.1) is 22.9 Å². The van der Waals surface area contributed by atoms with Crippen LogP contribution in [0.3, 0.4) is 0 Å². The lowest BCUT2D eigenvalue weighted by atomic mass is 10.1. The number of aryl methyl sites for hydroxylation is 1. The van der Waals surface area contributed by atoms with E-state index in [1.54, 1.807) is 0 Å². The Labute approximate surface area is 174 Å². The molecule has 30 heavy (non-hydrogen) atoms. The summed E-state index contributed by atoms with van der Waals surface area (Å²) in [5, 5.41) is 4.32. The second-order valence-corrected chi connectivity index (χ2v) is 7.72. The maximum Gasteiger partial charge on any atom is 0.253 e. The number of benzene rings is 2. The largest absolute Gasteiger partial charge is 0.341 e. The third kappa shape index (κ3) is 3.54. The summed E-state index contributed by atoms with van der Waals surface area (Å²) in [6, 6.07) is 15.7. The SMILES string of the molecule is Cc1cnn(-c2ccc(C(=O)N3CCCN(c4nc5ccccc5[nH]4)CC3)cc2)c1. The first kappa shape index (κ1) is 18.4. The van der Waals surface area contributed by atoms with Crippen molar-refractivity contribution >= 4 is 22.9 Å². The summed E-state index contributed by atoms with van der Waals surface area (Å²) >= 11 is 0. The van der Waals surface area contributed by atoms with Gasteiger partial charge in [-0.25, -0.2) is 9.67 Å². The van der Waals surface area contributed by atoms with Gasteiger partial charge in [-0.15, -0.1) is 0 Å². The Morgan fingerprint density at radius 3 is 2.60 bits per heavy atom. The molecule has 0 unspecified atom stereocenters. The minimum atomic E-state index is 0.0738. The summed E-state index contributed by atoms with van der Waals surface area (Å²) in [5.41, 5.74) is 4.77. The van der Waals surface area contributed by atoms with E-state index in [1.807, 2.05) is 77.4 Å². The number of aromatic nitrogens is 4. The fraction of sp³-hybridized carbons (Fsp3) is 0.261. The van der Waals surface area contributed by atoms with Crippen LogP contribution in [-0.2, 0) is 0 Å². The molecule has 2 aromatic carbocycles. The summed E-state index contributed by atoms with van der Waals surface area (Å²) < 4.78 is 1.82. The number of carbonyl (C=O) groups is 1. The molecule has 7 nitrogen and oxygen atoms in total. The van der Waals surface area contributed by atoms with Crippen LogP contribution in [0, 0.1) is 6.92 Å². The zero-order valence-electron chi connectivity index (χ0n) is 17.0. The van der Waals surface area contributed by atoms with Crippen LogP contribution in [-0.4, -0.2) is 56.7 Å². The number of anilines is 1. The normalized spacial score (nSPS) is 14.8. The maximum absolute atomic E-state index is 13.1. The van der Waals surface area contributed by atoms with E-state index in [0.29, 0.717) is 12.1 Å². The molecule has 152 valence electrons. The third-order valence-corrected chi connectivity index (χ3v) is 5.55. The molecule has 0 atom stereocenters. The van der Waals surface area contributed by atoms with Crippen molar-refractivity contribution in [2.24, 2.45) is 0 Å². The highest BCUT2D eigenvalue weighted by Crippen LogP contribution is 2.19. The highest BCUT2D eigenvalue weighted by molar-refractivity contribution is 5.94. The standard InChI is InChI=1S/C23H24N6O/c1-17-15-24-29(16-17)19-9-7-18(8-10-19)22(30)27-11-4-12-28(14-13-27)23-25-20-5-2-3-6-21(20)26-23/h2-3,5-10,15-16H,4,11-14H2,1H3,(H,25,26). The average Bonchev–Trinajstić information content (AvgIpc) is 3.32. The fourth-order valence-corrected chi connectivity index (χ4v) is 3.91. The van der Waals surface area contributed by atoms with E-state index >= 15 is 0 Å². The third-order valence-electron chi connectivity index (χ3n) is 5.55. The number of fused-ring (bicyclic) bond motifs is 1. The number of amides is 1. The van der Waals surface area contributed by atoms with Gasteiger partial charge in [-0.3, -0.25) is 4.79 Å². The number of rotatable bonds is 3. The second kappa shape index (κ2) is 7.67. The quantitative estimate of drug-likeness (QED) is 0.572. The van der Waals surface area contributed by atoms with E-state index in [0.717, 1.165) is 54.3 Å². The summed E-state index contributed by atoms with van der Waals surface area (Å²) in [6.45, 7) is 5.07. The Balaban J connectivity index is 1.27. The number of carbonyl (C=O) groups excluding carboxylic acids is 1. The number of imidazole rings is 1. The molecule has 1 N–H and O–H groups in total. The first-order valence-corrected chi connectivity index (χ1v) is 10.3. The summed E-state index contributed by atoms with van der Waals surface area (Å²) in [6.07, 6.45) is 4.70. The Bertz CT molecular complexity index is 1140. The number of aromatic amines is 1. The molecule has 3 heterocycles. The van der Waals surface area contributed by atoms with Crippen molar-refractivity contribution in [2.45, 2.75) is 13.3 Å². The molecule has 0 bridgehead atoms. The fourth-order valence-electron chi connectivity index (χ4n) is 3.91. The number of para-hydroxylation sites is 2. The van der Waals surface area contributed by atoms with Crippen LogP contribution in [0.4, 0.5) is 5.95 Å². The lowest BCUT2D eigenvalue weighted by Gasteiger charge is -2.22. The highest BCUT2D eigenvalue weighted by atomic mass is 16.2. The van der Waals surface area contributed by atoms with Crippen molar-refractivity contribution in [1.29, 1.82) is 0 Å². The molecule has 2 aromatic heterocycles. The molecule has 0 spiro atoms. The van der Waals surface area contributed by atoms with Gasteiger partial charge in [-0.1, -0.05) is 12.1 Å². The second-order valence-electron chi connectivity index (χ2n) is 7.72. The van der Waals surface area contributed by atoms with Gasteiger partial charge < -0.3 is 14.8 Å². The van der Waals surface area contributed by atoms with Gasteiger partial charge in [0.25, 0.3) is 5.91 Å². The summed E-state index contributed by atoms with van der Waals surface area (Å²) in [7, 11) is 0. The van der Waals surface area contributed by atoms with Gasteiger partial charge in [-0.2, -0.15) is 5.10 Å². The number of nitrogens with one attached hydrogen (secondary N) is 1. The zero-order chi connectivity index (χ0) is 20.5. The van der Waals surface area contributed by atoms with Crippen LogP contribution in [0.1, 0.15) is 22.3 Å². The van der Waals surface area contributed by atoms with Crippen molar-refractivity contribution in [1.82, 2.24) is 24.6 Å². The molecule has 0 radical (unpaired) electrons. The van der Waals surface area contributed by atoms with Crippen LogP contribution >= 0.6 is 0 Å². The zero-order valence-corrected chi connectivity index (χ0v) is 17.0. The van der Waals surface area contributed by atoms with Crippen molar-refractivity contribution in [3.63, 3.8) is 0 Å². The van der Waals surface area contributed by atoms with Crippen LogP contribution in [0.2, 0.25) is 0 Å². The number of nitrogens with zero attached hydrogens (tertiary/aromatic N) is 5. The van der Waals surface area contributed by atoms with Crippen LogP contribution in [0.5, 0.6) is 0 Å². The molecule has 1 saturated heterocycles. The minimum absolute atomic E-state index is 0.0738. The predicted molar refractivity (Wildman–Crippen MR) is 117 cm³/mol. The van der Waals surface area contributed by atoms with Gasteiger partial charge in [0, 0.05) is 37.9 Å². The molecular formula is C23H24N6O. The van der Waals surface area contributed by atoms with Crippen LogP contribution in [0.15, 0.2) is 60.9 Å². The molecular weight excluding hydrogens is 376 g/mol. The summed E-state index contributed by atoms with van der Waals surface area (Å²) in [4.78, 5) is 25.3. The molecule has 4 aromatic rings. The van der Waals surface area contributed by atoms with Gasteiger partial charge in [0.2, 0.25) is 5.95 Å². The Kier molecular flexibility index (Phi) is 4.71. The first-order valence-electron chi connectivity index (χ1n) is 10.3. The summed E-state index contributed by atoms with van der Waals surface area (Å²) in [5.74, 6) is 0.953. The number of hydrogen-bond acceptors (Lipinski definition) is 4. The smallest absolute Gasteiger partial charge is 0.253 e. The lowest BCUT2D eigenvalue weighted by Crippen LogP contribution is -2.35. The van der Waals surface area contributed by atoms with E-state index in [-0.39, 0.29) is 5.91 Å². The molecule has 1 amide bonds. The van der Waals surface area contributed by atoms with Gasteiger partial charge in [-0.05, 0) is 55.3 Å². The van der Waals surface area contributed by atoms with E-state index in [2.05, 4.69) is 15.0 Å². The molecule has 0 saturated carbocycles. The Morgan fingerprint density at radius 1 is 1.00 bits per heavy atom. The maximum atomic E-state index is 13.1. The molecule has 7 heteroatoms. The molecule has 1 aliphatic rings. The number of H-pyrrole nitrogens is 1. The Morgan fingerprint density at radius 2 is 1.83 bits per heavy atom. The first-order chi connectivity index (χ1) is 14.7. The monoisotopic (exact) mass is 400 g/mol. The van der Waals surface area contributed by atoms with Crippen molar-refractivity contribution in [3.8, 4) is 5.69 Å². The van der Waals surface area contributed by atoms with Gasteiger partial charge in [0.1, 0.15) is 0 Å². The Hall–Kier alpha value is -3.61. The van der Waals surface area contributed by atoms with Gasteiger partial charge >= 0.3 is 0 Å². The van der Waals surface area contributed by atoms with E-state index in [9.17, 15) is 4.79 Å². The average molecular weight is 400 g/mol. The van der Waals surface area contributed by atoms with E-state index in [4.69, 9.17) is 4.98 Å². The minimum Gasteiger partial charge on any atom is -0.341 e. The van der Waals surface area contributed by atoms with Crippen LogP contribution < -0.4 is 4.90 Å². The van der Waals surface area contributed by atoms with E-state index in [1.165, 1.54) is 0 Å². The molecule has 1 fully saturated rings. The van der Waals surface area contributed by atoms with Crippen LogP contribution in [0.25, 0.3) is 16.7 Å². The topological polar surface area (TPSA) is 70.1 Å². The molecule has 5 rings (SSSR count). The van der Waals surface area contributed by atoms with Gasteiger partial charge in [0.15, 0.2) is 0 Å². The van der Waals surface area contributed by atoms with Crippen molar-refractivity contribution in [3.05, 3.63) is 72.1 Å². The highest BCUT2D eigenvalue weighted by Gasteiger charge is 2.22. The van der Waals surface area contributed by atoms with E-state index < -0.39 is 0 Å². The molecule has 0 aliphatic carbocycles. The lowest BCUT2D eigenvalue weighted by molar-refractivity contribution is 0.0767. The number of hydrogen-bond donors (Lipinski definition) is 1. The predicted octanol–water partition coefficient (Wildman–Crippen LogP) is 3.41.